The molecular weight excluding hydrogens is 471 g/mol. The lowest BCUT2D eigenvalue weighted by atomic mass is 10.1. The molecule has 0 aliphatic carbocycles. The minimum Gasteiger partial charge on any atom is -0.361 e. The molecule has 0 radical (unpaired) electrons. The van der Waals surface area contributed by atoms with Crippen molar-refractivity contribution in [2.45, 2.75) is 19.4 Å². The zero-order chi connectivity index (χ0) is 18.4. The Morgan fingerprint density at radius 2 is 2.07 bits per heavy atom. The monoisotopic (exact) mass is 498 g/mol. The van der Waals surface area contributed by atoms with Crippen LogP contribution in [-0.4, -0.2) is 43.6 Å². The van der Waals surface area contributed by atoms with Crippen molar-refractivity contribution < 1.29 is 0 Å². The maximum absolute atomic E-state index is 4.57. The Morgan fingerprint density at radius 3 is 2.81 bits per heavy atom. The molecule has 146 valence electrons. The summed E-state index contributed by atoms with van der Waals surface area (Å²) in [6.07, 6.45) is 4.19. The van der Waals surface area contributed by atoms with E-state index >= 15 is 0 Å². The van der Waals surface area contributed by atoms with Crippen molar-refractivity contribution in [3.63, 3.8) is 0 Å². The van der Waals surface area contributed by atoms with Gasteiger partial charge in [-0.05, 0) is 24.5 Å². The molecule has 0 saturated carbocycles. The van der Waals surface area contributed by atoms with Crippen LogP contribution in [0.25, 0.3) is 10.9 Å². The van der Waals surface area contributed by atoms with Crippen molar-refractivity contribution in [1.29, 1.82) is 0 Å². The Kier molecular flexibility index (Phi) is 8.36. The summed E-state index contributed by atoms with van der Waals surface area (Å²) in [5.74, 6) is 0.809. The molecule has 2 heterocycles. The number of aromatic amines is 1. The molecule has 8 heteroatoms. The maximum atomic E-state index is 4.57. The number of H-pyrrole nitrogens is 1. The summed E-state index contributed by atoms with van der Waals surface area (Å²) in [4.78, 5) is 14.2. The minimum atomic E-state index is 0. The van der Waals surface area contributed by atoms with Crippen molar-refractivity contribution in [3.8, 4) is 0 Å². The van der Waals surface area contributed by atoms with Gasteiger partial charge in [0.05, 0.1) is 12.2 Å². The molecule has 0 aliphatic heterocycles. The highest BCUT2D eigenvalue weighted by Gasteiger charge is 2.05. The summed E-state index contributed by atoms with van der Waals surface area (Å²) in [7, 11) is 5.80. The number of hydrogen-bond donors (Lipinski definition) is 3. The fraction of sp³-hybridized carbons (Fsp3) is 0.368. The van der Waals surface area contributed by atoms with Crippen LogP contribution in [0.3, 0.4) is 0 Å². The Morgan fingerprint density at radius 1 is 1.26 bits per heavy atom. The van der Waals surface area contributed by atoms with Crippen molar-refractivity contribution in [2.75, 3.05) is 32.6 Å². The van der Waals surface area contributed by atoms with Crippen molar-refractivity contribution in [2.24, 2.45) is 4.99 Å². The Bertz CT molecular complexity index is 870. The average molecular weight is 498 g/mol. The Balaban J connectivity index is 0.00000261. The molecule has 0 fully saturated rings. The van der Waals surface area contributed by atoms with E-state index in [1.165, 1.54) is 16.5 Å². The molecule has 0 saturated heterocycles. The first-order chi connectivity index (χ1) is 12.7. The number of rotatable bonds is 7. The van der Waals surface area contributed by atoms with Crippen LogP contribution in [0.2, 0.25) is 0 Å². The molecule has 3 N–H and O–H groups in total. The number of fused-ring (bicyclic) bond motifs is 1. The molecule has 0 unspecified atom stereocenters. The lowest BCUT2D eigenvalue weighted by molar-refractivity contribution is 0.740. The first-order valence-corrected chi connectivity index (χ1v) is 9.66. The van der Waals surface area contributed by atoms with Gasteiger partial charge in [0, 0.05) is 50.2 Å². The number of thiazole rings is 1. The number of halogens is 1. The second kappa shape index (κ2) is 10.5. The molecule has 3 aromatic rings. The van der Waals surface area contributed by atoms with Crippen LogP contribution >= 0.6 is 35.3 Å². The fourth-order valence-corrected chi connectivity index (χ4v) is 3.56. The number of benzene rings is 1. The summed E-state index contributed by atoms with van der Waals surface area (Å²) >= 11 is 1.65. The van der Waals surface area contributed by atoms with Crippen LogP contribution in [0.4, 0.5) is 5.13 Å². The third kappa shape index (κ3) is 5.83. The van der Waals surface area contributed by atoms with Gasteiger partial charge in [0.25, 0.3) is 0 Å². The summed E-state index contributed by atoms with van der Waals surface area (Å²) < 4.78 is 0. The van der Waals surface area contributed by atoms with Gasteiger partial charge in [-0.1, -0.05) is 18.2 Å². The van der Waals surface area contributed by atoms with E-state index in [-0.39, 0.29) is 24.0 Å². The van der Waals surface area contributed by atoms with Gasteiger partial charge in [0.2, 0.25) is 0 Å². The molecule has 0 aliphatic rings. The molecule has 3 rings (SSSR count). The van der Waals surface area contributed by atoms with E-state index in [1.54, 1.807) is 18.4 Å². The highest BCUT2D eigenvalue weighted by Crippen LogP contribution is 2.19. The van der Waals surface area contributed by atoms with E-state index in [9.17, 15) is 0 Å². The Labute approximate surface area is 181 Å². The highest BCUT2D eigenvalue weighted by molar-refractivity contribution is 14.0. The zero-order valence-electron chi connectivity index (χ0n) is 16.0. The summed E-state index contributed by atoms with van der Waals surface area (Å²) in [6, 6.07) is 8.43. The quantitative estimate of drug-likeness (QED) is 0.202. The van der Waals surface area contributed by atoms with Crippen molar-refractivity contribution >= 4 is 57.3 Å². The summed E-state index contributed by atoms with van der Waals surface area (Å²) in [5, 5.41) is 11.1. The number of hydrogen-bond acceptors (Lipinski definition) is 4. The van der Waals surface area contributed by atoms with Gasteiger partial charge in [-0.3, -0.25) is 4.99 Å². The van der Waals surface area contributed by atoms with E-state index in [2.05, 4.69) is 61.4 Å². The van der Waals surface area contributed by atoms with Crippen LogP contribution in [0, 0.1) is 0 Å². The topological polar surface area (TPSA) is 68.3 Å². The summed E-state index contributed by atoms with van der Waals surface area (Å²) in [6.45, 7) is 1.55. The van der Waals surface area contributed by atoms with E-state index in [4.69, 9.17) is 0 Å². The second-order valence-electron chi connectivity index (χ2n) is 6.33. The number of nitrogens with one attached hydrogen (secondary N) is 3. The smallest absolute Gasteiger partial charge is 0.191 e. The van der Waals surface area contributed by atoms with Gasteiger partial charge in [-0.15, -0.1) is 35.3 Å². The first-order valence-electron chi connectivity index (χ1n) is 8.78. The van der Waals surface area contributed by atoms with Gasteiger partial charge in [0.15, 0.2) is 11.1 Å². The van der Waals surface area contributed by atoms with Crippen molar-refractivity contribution in [1.82, 2.24) is 20.6 Å². The molecule has 27 heavy (non-hydrogen) atoms. The summed E-state index contributed by atoms with van der Waals surface area (Å²) in [5.41, 5.74) is 3.60. The Hall–Kier alpha value is -1.81. The molecule has 0 atom stereocenters. The number of aliphatic imine (C=N–C) groups is 1. The number of para-hydroxylation sites is 1. The van der Waals surface area contributed by atoms with E-state index < -0.39 is 0 Å². The van der Waals surface area contributed by atoms with Crippen LogP contribution in [0.5, 0.6) is 0 Å². The predicted molar refractivity (Wildman–Crippen MR) is 127 cm³/mol. The number of guanidine groups is 1. The van der Waals surface area contributed by atoms with Gasteiger partial charge in [0.1, 0.15) is 0 Å². The van der Waals surface area contributed by atoms with Crippen LogP contribution in [-0.2, 0) is 13.0 Å². The van der Waals surface area contributed by atoms with Gasteiger partial charge in [-0.25, -0.2) is 4.98 Å². The van der Waals surface area contributed by atoms with E-state index in [1.807, 2.05) is 19.0 Å². The number of aryl methyl sites for hydroxylation is 1. The second-order valence-corrected chi connectivity index (χ2v) is 7.17. The molecule has 0 spiro atoms. The SMILES string of the molecule is CN=C(NCCCc1c[nH]c2ccccc12)NCc1csc(N(C)C)n1.I. The van der Waals surface area contributed by atoms with Gasteiger partial charge >= 0.3 is 0 Å². The first kappa shape index (κ1) is 21.5. The minimum absolute atomic E-state index is 0. The molecule has 0 bridgehead atoms. The lowest BCUT2D eigenvalue weighted by Gasteiger charge is -2.11. The highest BCUT2D eigenvalue weighted by atomic mass is 127. The normalized spacial score (nSPS) is 11.3. The predicted octanol–water partition coefficient (Wildman–Crippen LogP) is 3.61. The number of aromatic nitrogens is 2. The number of anilines is 1. The largest absolute Gasteiger partial charge is 0.361 e. The molecular formula is C19H27IN6S. The molecule has 6 nitrogen and oxygen atoms in total. The zero-order valence-corrected chi connectivity index (χ0v) is 19.1. The van der Waals surface area contributed by atoms with Gasteiger partial charge in [-0.2, -0.15) is 0 Å². The van der Waals surface area contributed by atoms with E-state index in [0.717, 1.165) is 36.2 Å². The van der Waals surface area contributed by atoms with Crippen LogP contribution in [0.1, 0.15) is 17.7 Å². The number of nitrogens with zero attached hydrogens (tertiary/aromatic N) is 3. The van der Waals surface area contributed by atoms with Crippen LogP contribution < -0.4 is 15.5 Å². The molecule has 0 amide bonds. The third-order valence-corrected chi connectivity index (χ3v) is 5.23. The van der Waals surface area contributed by atoms with Crippen molar-refractivity contribution in [3.05, 3.63) is 47.1 Å². The molecule has 2 aromatic heterocycles. The maximum Gasteiger partial charge on any atom is 0.191 e. The van der Waals surface area contributed by atoms with Crippen LogP contribution in [0.15, 0.2) is 40.8 Å². The van der Waals surface area contributed by atoms with E-state index in [0.29, 0.717) is 6.54 Å². The molecule has 1 aromatic carbocycles. The lowest BCUT2D eigenvalue weighted by Crippen LogP contribution is -2.37. The average Bonchev–Trinajstić information content (AvgIpc) is 3.28. The van der Waals surface area contributed by atoms with Gasteiger partial charge < -0.3 is 20.5 Å². The standard InChI is InChI=1S/C19H26N6S.HI/c1-20-18(23-12-15-13-26-19(24-15)25(2)3)21-10-6-7-14-11-22-17-9-5-4-8-16(14)17;/h4-5,8-9,11,13,22H,6-7,10,12H2,1-3H3,(H2,20,21,23);1H. The third-order valence-electron chi connectivity index (χ3n) is 4.17. The fourth-order valence-electron chi connectivity index (χ4n) is 2.80.